The van der Waals surface area contributed by atoms with Gasteiger partial charge in [-0.25, -0.2) is 13.1 Å². The number of rotatable bonds is 8. The van der Waals surface area contributed by atoms with Gasteiger partial charge in [0, 0.05) is 31.9 Å². The summed E-state index contributed by atoms with van der Waals surface area (Å²) < 4.78 is 40.0. The minimum absolute atomic E-state index is 0.157. The van der Waals surface area contributed by atoms with Gasteiger partial charge in [-0.1, -0.05) is 18.2 Å². The first-order valence-corrected chi connectivity index (χ1v) is 8.99. The largest absolute Gasteiger partial charge is 0.375 e. The molecule has 9 heteroatoms. The van der Waals surface area contributed by atoms with Crippen molar-refractivity contribution in [2.45, 2.75) is 11.3 Å². The summed E-state index contributed by atoms with van der Waals surface area (Å²) in [5, 5.41) is 10.7. The Hall–Kier alpha value is -2.52. The van der Waals surface area contributed by atoms with Crippen LogP contribution < -0.4 is 9.62 Å². The second kappa shape index (κ2) is 8.04. The molecule has 134 valence electrons. The summed E-state index contributed by atoms with van der Waals surface area (Å²) in [6.45, 7) is 0.779. The molecule has 2 rings (SSSR count). The van der Waals surface area contributed by atoms with Crippen LogP contribution >= 0.6 is 0 Å². The van der Waals surface area contributed by atoms with Crippen molar-refractivity contribution in [1.82, 2.24) is 4.72 Å². The highest BCUT2D eigenvalue weighted by Gasteiger charge is 2.21. The van der Waals surface area contributed by atoms with Crippen molar-refractivity contribution < 1.29 is 17.7 Å². The third kappa shape index (κ3) is 4.97. The van der Waals surface area contributed by atoms with Crippen LogP contribution in [0.4, 0.5) is 15.8 Å². The van der Waals surface area contributed by atoms with Gasteiger partial charge in [-0.3, -0.25) is 10.1 Å². The van der Waals surface area contributed by atoms with Crippen LogP contribution in [0.2, 0.25) is 0 Å². The summed E-state index contributed by atoms with van der Waals surface area (Å²) in [5.41, 5.74) is 0.145. The highest BCUT2D eigenvalue weighted by Crippen LogP contribution is 2.21. The molecule has 0 bridgehead atoms. The van der Waals surface area contributed by atoms with E-state index < -0.39 is 26.5 Å². The summed E-state index contributed by atoms with van der Waals surface area (Å²) in [4.78, 5) is 11.4. The number of nitro benzene ring substituents is 1. The molecule has 2 aromatic carbocycles. The fourth-order valence-corrected chi connectivity index (χ4v) is 3.31. The van der Waals surface area contributed by atoms with Crippen molar-refractivity contribution in [3.63, 3.8) is 0 Å². The van der Waals surface area contributed by atoms with Gasteiger partial charge in [0.25, 0.3) is 0 Å². The maximum atomic E-state index is 13.3. The van der Waals surface area contributed by atoms with E-state index in [9.17, 15) is 22.9 Å². The van der Waals surface area contributed by atoms with E-state index in [0.717, 1.165) is 17.8 Å². The van der Waals surface area contributed by atoms with Gasteiger partial charge in [-0.05, 0) is 30.7 Å². The molecule has 0 aromatic heterocycles. The van der Waals surface area contributed by atoms with Crippen LogP contribution in [0.25, 0.3) is 0 Å². The first-order valence-electron chi connectivity index (χ1n) is 7.51. The Morgan fingerprint density at radius 3 is 2.52 bits per heavy atom. The number of hydrogen-bond acceptors (Lipinski definition) is 5. The number of nitrogens with one attached hydrogen (secondary N) is 1. The lowest BCUT2D eigenvalue weighted by Crippen LogP contribution is -2.28. The average molecular weight is 367 g/mol. The Balaban J connectivity index is 1.94. The van der Waals surface area contributed by atoms with E-state index in [0.29, 0.717) is 19.0 Å². The second-order valence-electron chi connectivity index (χ2n) is 5.38. The van der Waals surface area contributed by atoms with E-state index in [1.54, 1.807) is 0 Å². The molecule has 0 radical (unpaired) electrons. The normalized spacial score (nSPS) is 11.3. The summed E-state index contributed by atoms with van der Waals surface area (Å²) in [5.74, 6) is -1.08. The molecule has 25 heavy (non-hydrogen) atoms. The molecule has 0 aliphatic rings. The van der Waals surface area contributed by atoms with Crippen LogP contribution in [-0.2, 0) is 10.0 Å². The van der Waals surface area contributed by atoms with Crippen LogP contribution in [0.3, 0.4) is 0 Å². The Bertz CT molecular complexity index is 844. The molecular weight excluding hydrogens is 349 g/mol. The number of benzene rings is 2. The molecule has 0 unspecified atom stereocenters. The van der Waals surface area contributed by atoms with E-state index in [1.807, 2.05) is 42.3 Å². The number of sulfonamides is 1. The van der Waals surface area contributed by atoms with Crippen molar-refractivity contribution in [2.75, 3.05) is 25.0 Å². The number of halogens is 1. The van der Waals surface area contributed by atoms with Gasteiger partial charge >= 0.3 is 5.69 Å². The molecule has 0 aliphatic heterocycles. The third-order valence-electron chi connectivity index (χ3n) is 3.58. The molecule has 0 amide bonds. The summed E-state index contributed by atoms with van der Waals surface area (Å²) >= 11 is 0. The van der Waals surface area contributed by atoms with Crippen molar-refractivity contribution in [1.29, 1.82) is 0 Å². The van der Waals surface area contributed by atoms with E-state index in [4.69, 9.17) is 0 Å². The standard InChI is InChI=1S/C16H18FN3O4S/c1-19(13-6-3-2-4-7-13)11-5-10-18-25(23,24)14-8-9-15(17)16(12-14)20(21)22/h2-4,6-9,12,18H,5,10-11H2,1H3. The maximum Gasteiger partial charge on any atom is 0.306 e. The Morgan fingerprint density at radius 2 is 1.88 bits per heavy atom. The first-order chi connectivity index (χ1) is 11.8. The number of nitrogens with zero attached hydrogens (tertiary/aromatic N) is 2. The summed E-state index contributed by atoms with van der Waals surface area (Å²) in [7, 11) is -2.04. The lowest BCUT2D eigenvalue weighted by Gasteiger charge is -2.19. The highest BCUT2D eigenvalue weighted by atomic mass is 32.2. The molecule has 0 saturated carbocycles. The van der Waals surface area contributed by atoms with Gasteiger partial charge in [0.1, 0.15) is 0 Å². The zero-order valence-corrected chi connectivity index (χ0v) is 14.4. The lowest BCUT2D eigenvalue weighted by molar-refractivity contribution is -0.387. The zero-order valence-electron chi connectivity index (χ0n) is 13.6. The molecule has 0 atom stereocenters. The number of para-hydroxylation sites is 1. The van der Waals surface area contributed by atoms with Crippen molar-refractivity contribution in [3.8, 4) is 0 Å². The molecule has 0 fully saturated rings. The third-order valence-corrected chi connectivity index (χ3v) is 5.04. The zero-order chi connectivity index (χ0) is 18.4. The average Bonchev–Trinajstić information content (AvgIpc) is 2.59. The Morgan fingerprint density at radius 1 is 1.20 bits per heavy atom. The van der Waals surface area contributed by atoms with Crippen LogP contribution in [0.15, 0.2) is 53.4 Å². The van der Waals surface area contributed by atoms with E-state index >= 15 is 0 Å². The van der Waals surface area contributed by atoms with Gasteiger partial charge in [0.15, 0.2) is 0 Å². The van der Waals surface area contributed by atoms with Gasteiger partial charge in [-0.15, -0.1) is 0 Å². The Labute approximate surface area is 145 Å². The van der Waals surface area contributed by atoms with Crippen LogP contribution in [0, 0.1) is 15.9 Å². The fourth-order valence-electron chi connectivity index (χ4n) is 2.22. The van der Waals surface area contributed by atoms with Crippen molar-refractivity contribution >= 4 is 21.4 Å². The van der Waals surface area contributed by atoms with Gasteiger partial charge in [0.2, 0.25) is 15.8 Å². The molecular formula is C16H18FN3O4S. The fraction of sp³-hybridized carbons (Fsp3) is 0.250. The van der Waals surface area contributed by atoms with Gasteiger partial charge < -0.3 is 4.90 Å². The molecule has 0 spiro atoms. The molecule has 7 nitrogen and oxygen atoms in total. The number of anilines is 1. The summed E-state index contributed by atoms with van der Waals surface area (Å²) in [6, 6.07) is 12.1. The predicted molar refractivity (Wildman–Crippen MR) is 92.6 cm³/mol. The lowest BCUT2D eigenvalue weighted by atomic mass is 10.3. The topological polar surface area (TPSA) is 92.6 Å². The van der Waals surface area contributed by atoms with Gasteiger partial charge in [-0.2, -0.15) is 4.39 Å². The molecule has 1 N–H and O–H groups in total. The van der Waals surface area contributed by atoms with Crippen LogP contribution in [-0.4, -0.2) is 33.5 Å². The highest BCUT2D eigenvalue weighted by molar-refractivity contribution is 7.89. The Kier molecular flexibility index (Phi) is 6.05. The maximum absolute atomic E-state index is 13.3. The summed E-state index contributed by atoms with van der Waals surface area (Å²) in [6.07, 6.45) is 0.536. The van der Waals surface area contributed by atoms with E-state index in [1.165, 1.54) is 0 Å². The van der Waals surface area contributed by atoms with Crippen LogP contribution in [0.1, 0.15) is 6.42 Å². The van der Waals surface area contributed by atoms with E-state index in [-0.39, 0.29) is 11.4 Å². The second-order valence-corrected chi connectivity index (χ2v) is 7.15. The molecule has 0 heterocycles. The number of nitro groups is 1. The SMILES string of the molecule is CN(CCCNS(=O)(=O)c1ccc(F)c([N+](=O)[O-])c1)c1ccccc1. The van der Waals surface area contributed by atoms with Crippen molar-refractivity contribution in [3.05, 3.63) is 64.5 Å². The molecule has 0 saturated heterocycles. The quantitative estimate of drug-likeness (QED) is 0.440. The minimum atomic E-state index is -3.94. The number of hydrogen-bond donors (Lipinski definition) is 1. The van der Waals surface area contributed by atoms with Gasteiger partial charge in [0.05, 0.1) is 9.82 Å². The van der Waals surface area contributed by atoms with Crippen molar-refractivity contribution in [2.24, 2.45) is 0 Å². The molecule has 0 aliphatic carbocycles. The smallest absolute Gasteiger partial charge is 0.306 e. The monoisotopic (exact) mass is 367 g/mol. The van der Waals surface area contributed by atoms with Crippen LogP contribution in [0.5, 0.6) is 0 Å². The first kappa shape index (κ1) is 18.8. The predicted octanol–water partition coefficient (Wildman–Crippen LogP) is 2.54. The minimum Gasteiger partial charge on any atom is -0.375 e. The van der Waals surface area contributed by atoms with E-state index in [2.05, 4.69) is 4.72 Å². The molecule has 2 aromatic rings.